The molecule has 6 heteroatoms. The van der Waals surface area contributed by atoms with E-state index in [0.717, 1.165) is 45.2 Å². The summed E-state index contributed by atoms with van der Waals surface area (Å²) in [4.78, 5) is 18.2. The molecule has 0 bridgehead atoms. The fourth-order valence-corrected chi connectivity index (χ4v) is 5.12. The molecule has 0 saturated carbocycles. The molecule has 0 unspecified atom stereocenters. The lowest BCUT2D eigenvalue weighted by atomic mass is 10.1. The van der Waals surface area contributed by atoms with Gasteiger partial charge >= 0.3 is 0 Å². The van der Waals surface area contributed by atoms with E-state index in [1.165, 1.54) is 17.7 Å². The molecule has 0 saturated heterocycles. The minimum atomic E-state index is -0.00113. The first kappa shape index (κ1) is 20.0. The predicted molar refractivity (Wildman–Crippen MR) is 125 cm³/mol. The molecule has 0 aliphatic rings. The topological polar surface area (TPSA) is 46.4 Å². The van der Waals surface area contributed by atoms with E-state index in [1.807, 2.05) is 30.0 Å². The smallest absolute Gasteiger partial charge is 0.251 e. The zero-order valence-corrected chi connectivity index (χ0v) is 18.4. The molecule has 1 N–H and O–H groups in total. The van der Waals surface area contributed by atoms with Crippen molar-refractivity contribution in [3.63, 3.8) is 0 Å². The largest absolute Gasteiger partial charge is 0.352 e. The third-order valence-electron chi connectivity index (χ3n) is 4.80. The monoisotopic (exact) mass is 423 g/mol. The van der Waals surface area contributed by atoms with Crippen molar-refractivity contribution in [2.75, 3.05) is 18.1 Å². The molecule has 4 aromatic rings. The molecular weight excluding hydrogens is 398 g/mol. The van der Waals surface area contributed by atoms with Gasteiger partial charge in [0, 0.05) is 23.9 Å². The summed E-state index contributed by atoms with van der Waals surface area (Å²) in [6, 6.07) is 14.3. The van der Waals surface area contributed by atoms with Gasteiger partial charge in [0.15, 0.2) is 4.96 Å². The summed E-state index contributed by atoms with van der Waals surface area (Å²) >= 11 is 3.56. The Kier molecular flexibility index (Phi) is 6.21. The Bertz CT molecular complexity index is 1130. The van der Waals surface area contributed by atoms with Crippen molar-refractivity contribution in [1.29, 1.82) is 0 Å². The van der Waals surface area contributed by atoms with Crippen LogP contribution in [0.3, 0.4) is 0 Å². The van der Waals surface area contributed by atoms with E-state index in [9.17, 15) is 4.79 Å². The van der Waals surface area contributed by atoms with Crippen LogP contribution in [-0.4, -0.2) is 33.3 Å². The number of thiazole rings is 1. The summed E-state index contributed by atoms with van der Waals surface area (Å²) in [6.45, 7) is 5.00. The maximum absolute atomic E-state index is 12.5. The number of aromatic nitrogens is 2. The highest BCUT2D eigenvalue weighted by atomic mass is 32.2. The van der Waals surface area contributed by atoms with Gasteiger partial charge in [-0.3, -0.25) is 9.20 Å². The van der Waals surface area contributed by atoms with Crippen LogP contribution >= 0.6 is 23.1 Å². The maximum atomic E-state index is 12.5. The van der Waals surface area contributed by atoms with Crippen molar-refractivity contribution in [2.24, 2.45) is 0 Å². The van der Waals surface area contributed by atoms with E-state index in [1.54, 1.807) is 11.3 Å². The fraction of sp³-hybridized carbons (Fsp3) is 0.304. The molecule has 4 rings (SSSR count). The van der Waals surface area contributed by atoms with Crippen LogP contribution in [0.5, 0.6) is 0 Å². The highest BCUT2D eigenvalue weighted by Crippen LogP contribution is 2.30. The summed E-state index contributed by atoms with van der Waals surface area (Å²) < 4.78 is 3.19. The van der Waals surface area contributed by atoms with Crippen molar-refractivity contribution in [1.82, 2.24) is 14.7 Å². The van der Waals surface area contributed by atoms with Crippen LogP contribution in [0.2, 0.25) is 0 Å². The zero-order chi connectivity index (χ0) is 20.2. The maximum Gasteiger partial charge on any atom is 0.251 e. The van der Waals surface area contributed by atoms with Crippen LogP contribution in [-0.2, 0) is 0 Å². The van der Waals surface area contributed by atoms with E-state index in [-0.39, 0.29) is 5.91 Å². The Morgan fingerprint density at radius 2 is 2.00 bits per heavy atom. The second-order valence-corrected chi connectivity index (χ2v) is 9.38. The summed E-state index contributed by atoms with van der Waals surface area (Å²) in [5.41, 5.74) is 5.13. The molecule has 1 amide bonds. The van der Waals surface area contributed by atoms with Crippen LogP contribution in [0.4, 0.5) is 0 Å². The Morgan fingerprint density at radius 3 is 2.79 bits per heavy atom. The summed E-state index contributed by atoms with van der Waals surface area (Å²) in [7, 11) is 0. The van der Waals surface area contributed by atoms with E-state index >= 15 is 0 Å². The van der Waals surface area contributed by atoms with Crippen LogP contribution in [0.25, 0.3) is 26.4 Å². The van der Waals surface area contributed by atoms with Gasteiger partial charge in [-0.1, -0.05) is 48.1 Å². The number of nitrogens with one attached hydrogen (secondary N) is 1. The number of rotatable bonds is 8. The Labute approximate surface area is 179 Å². The van der Waals surface area contributed by atoms with E-state index in [0.29, 0.717) is 5.56 Å². The molecule has 150 valence electrons. The number of carbonyl (C=O) groups is 1. The molecular formula is C23H25N3OS2. The second-order valence-electron chi connectivity index (χ2n) is 7.15. The number of nitrogens with zero attached hydrogens (tertiary/aromatic N) is 2. The number of benzene rings is 2. The van der Waals surface area contributed by atoms with Gasteiger partial charge in [0.1, 0.15) is 0 Å². The van der Waals surface area contributed by atoms with Crippen molar-refractivity contribution in [3.05, 3.63) is 59.8 Å². The lowest BCUT2D eigenvalue weighted by Crippen LogP contribution is -2.24. The lowest BCUT2D eigenvalue weighted by Gasteiger charge is -2.05. The molecule has 2 heterocycles. The van der Waals surface area contributed by atoms with Gasteiger partial charge in [-0.25, -0.2) is 4.98 Å². The average Bonchev–Trinajstić information content (AvgIpc) is 3.28. The number of carbonyl (C=O) groups excluding carboxylic acids is 1. The average molecular weight is 424 g/mol. The lowest BCUT2D eigenvalue weighted by molar-refractivity contribution is 0.0954. The Balaban J connectivity index is 1.48. The number of hydrogen-bond acceptors (Lipinski definition) is 4. The molecule has 0 aliphatic carbocycles. The van der Waals surface area contributed by atoms with Gasteiger partial charge in [-0.15, -0.1) is 0 Å². The highest BCUT2D eigenvalue weighted by molar-refractivity contribution is 7.99. The first-order valence-corrected chi connectivity index (χ1v) is 12.0. The van der Waals surface area contributed by atoms with Gasteiger partial charge in [0.25, 0.3) is 5.91 Å². The minimum Gasteiger partial charge on any atom is -0.352 e. The molecule has 0 spiro atoms. The molecule has 4 nitrogen and oxygen atoms in total. The molecule has 29 heavy (non-hydrogen) atoms. The Hall–Kier alpha value is -2.31. The zero-order valence-electron chi connectivity index (χ0n) is 16.8. The first-order chi connectivity index (χ1) is 14.2. The van der Waals surface area contributed by atoms with Gasteiger partial charge in [-0.05, 0) is 49.5 Å². The number of imidazole rings is 1. The molecule has 0 aliphatic heterocycles. The highest BCUT2D eigenvalue weighted by Gasteiger charge is 2.13. The van der Waals surface area contributed by atoms with Crippen LogP contribution < -0.4 is 5.32 Å². The third kappa shape index (κ3) is 4.49. The van der Waals surface area contributed by atoms with Gasteiger partial charge < -0.3 is 5.32 Å². The quantitative estimate of drug-likeness (QED) is 0.365. The predicted octanol–water partition coefficient (Wildman–Crippen LogP) is 5.79. The van der Waals surface area contributed by atoms with E-state index in [2.05, 4.69) is 54.0 Å². The standard InChI is InChI=1S/C23H25N3OS2/c1-3-12-28-13-4-11-24-22(27)18-9-10-20-21(14-18)29-23-25-19(15-26(20)23)17-7-5-16(2)6-8-17/h5-10,14-15H,3-4,11-13H2,1-2H3,(H,24,27). The van der Waals surface area contributed by atoms with Crippen molar-refractivity contribution >= 4 is 44.2 Å². The molecule has 2 aromatic carbocycles. The van der Waals surface area contributed by atoms with Crippen LogP contribution in [0, 0.1) is 6.92 Å². The number of thioether (sulfide) groups is 1. The third-order valence-corrected chi connectivity index (χ3v) is 7.09. The SMILES string of the molecule is CCCSCCCNC(=O)c1ccc2c(c1)sc1nc(-c3ccc(C)cc3)cn12. The van der Waals surface area contributed by atoms with Gasteiger partial charge in [-0.2, -0.15) is 11.8 Å². The van der Waals surface area contributed by atoms with E-state index < -0.39 is 0 Å². The molecule has 2 aromatic heterocycles. The van der Waals surface area contributed by atoms with Crippen LogP contribution in [0.1, 0.15) is 35.7 Å². The summed E-state index contributed by atoms with van der Waals surface area (Å²) in [6.07, 6.45) is 4.29. The fourth-order valence-electron chi connectivity index (χ4n) is 3.23. The normalized spacial score (nSPS) is 11.4. The summed E-state index contributed by atoms with van der Waals surface area (Å²) in [5, 5.41) is 3.03. The minimum absolute atomic E-state index is 0.00113. The second kappa shape index (κ2) is 9.01. The first-order valence-electron chi connectivity index (χ1n) is 10.0. The molecule has 0 fully saturated rings. The molecule has 0 atom stereocenters. The van der Waals surface area contributed by atoms with Gasteiger partial charge in [0.2, 0.25) is 0 Å². The number of hydrogen-bond donors (Lipinski definition) is 1. The number of aryl methyl sites for hydroxylation is 1. The summed E-state index contributed by atoms with van der Waals surface area (Å²) in [5.74, 6) is 2.29. The van der Waals surface area contributed by atoms with Crippen molar-refractivity contribution < 1.29 is 4.79 Å². The number of amides is 1. The number of fused-ring (bicyclic) bond motifs is 3. The molecule has 0 radical (unpaired) electrons. The Morgan fingerprint density at radius 1 is 1.17 bits per heavy atom. The van der Waals surface area contributed by atoms with Gasteiger partial charge in [0.05, 0.1) is 15.9 Å². The van der Waals surface area contributed by atoms with Crippen LogP contribution in [0.15, 0.2) is 48.7 Å². The van der Waals surface area contributed by atoms with Crippen molar-refractivity contribution in [3.8, 4) is 11.3 Å². The van der Waals surface area contributed by atoms with Crippen molar-refractivity contribution in [2.45, 2.75) is 26.7 Å². The van der Waals surface area contributed by atoms with E-state index in [4.69, 9.17) is 4.98 Å².